The third kappa shape index (κ3) is 3.73. The van der Waals surface area contributed by atoms with Gasteiger partial charge in [-0.15, -0.1) is 0 Å². The molecule has 2 rings (SSSR count). The molecule has 4 heteroatoms. The van der Waals surface area contributed by atoms with E-state index < -0.39 is 17.3 Å². The fraction of sp³-hybridized carbons (Fsp3) is 0.333. The maximum absolute atomic E-state index is 12.6. The highest BCUT2D eigenvalue weighted by Crippen LogP contribution is 2.47. The molecule has 0 radical (unpaired) electrons. The number of hydrogen-bond donors (Lipinski definition) is 1. The third-order valence-electron chi connectivity index (χ3n) is 4.58. The van der Waals surface area contributed by atoms with Crippen molar-refractivity contribution in [2.24, 2.45) is 11.1 Å². The van der Waals surface area contributed by atoms with Gasteiger partial charge in [0.05, 0.1) is 12.7 Å². The summed E-state index contributed by atoms with van der Waals surface area (Å²) in [5, 5.41) is 0. The van der Waals surface area contributed by atoms with E-state index in [4.69, 9.17) is 10.5 Å². The van der Waals surface area contributed by atoms with Gasteiger partial charge in [0.25, 0.3) is 0 Å². The number of ether oxygens (including phenoxy) is 1. The Kier molecular flexibility index (Phi) is 6.34. The number of benzene rings is 1. The Labute approximate surface area is 149 Å². The van der Waals surface area contributed by atoms with Gasteiger partial charge in [-0.1, -0.05) is 80.5 Å². The lowest BCUT2D eigenvalue weighted by Crippen LogP contribution is -2.45. The molecule has 4 nitrogen and oxygen atoms in total. The number of esters is 1. The zero-order chi connectivity index (χ0) is 18.3. The standard InChI is InChI=1S/C21H25NO3/c1-3-4-5-9-15-21(20(22)24)17(16-11-7-6-8-12-16)13-10-14-18(21)19(23)25-2/h6-15,17H,3-5H2,1-2H3,(H2,22,24). The molecule has 0 aliphatic heterocycles. The van der Waals surface area contributed by atoms with E-state index in [2.05, 4.69) is 6.92 Å². The predicted octanol–water partition coefficient (Wildman–Crippen LogP) is 3.66. The second kappa shape index (κ2) is 8.47. The number of rotatable bonds is 7. The SMILES string of the molecule is CCCCC=CC1(C(N)=O)C(C(=O)OC)=CC=CC1c1ccccc1. The molecule has 0 saturated carbocycles. The quantitative estimate of drug-likeness (QED) is 0.468. The van der Waals surface area contributed by atoms with Crippen LogP contribution in [0, 0.1) is 5.41 Å². The summed E-state index contributed by atoms with van der Waals surface area (Å²) in [5.74, 6) is -1.46. The van der Waals surface area contributed by atoms with Crippen molar-refractivity contribution in [1.82, 2.24) is 0 Å². The fourth-order valence-electron chi connectivity index (χ4n) is 3.25. The Balaban J connectivity index is 2.59. The predicted molar refractivity (Wildman–Crippen MR) is 98.7 cm³/mol. The molecular weight excluding hydrogens is 314 g/mol. The molecule has 25 heavy (non-hydrogen) atoms. The molecule has 132 valence electrons. The van der Waals surface area contributed by atoms with Gasteiger partial charge in [-0.25, -0.2) is 4.79 Å². The Hall–Kier alpha value is -2.62. The molecule has 1 amide bonds. The van der Waals surface area contributed by atoms with Crippen molar-refractivity contribution in [2.75, 3.05) is 7.11 Å². The molecule has 0 saturated heterocycles. The molecular formula is C21H25NO3. The number of hydrogen-bond acceptors (Lipinski definition) is 3. The van der Waals surface area contributed by atoms with E-state index in [1.807, 2.05) is 42.5 Å². The average Bonchev–Trinajstić information content (AvgIpc) is 2.65. The molecule has 0 fully saturated rings. The van der Waals surface area contributed by atoms with Crippen LogP contribution >= 0.6 is 0 Å². The van der Waals surface area contributed by atoms with Gasteiger partial charge in [0.15, 0.2) is 0 Å². The topological polar surface area (TPSA) is 69.4 Å². The van der Waals surface area contributed by atoms with Crippen LogP contribution < -0.4 is 5.73 Å². The van der Waals surface area contributed by atoms with Crippen molar-refractivity contribution in [3.05, 3.63) is 71.8 Å². The second-order valence-corrected chi connectivity index (χ2v) is 6.12. The summed E-state index contributed by atoms with van der Waals surface area (Å²) in [7, 11) is 1.31. The summed E-state index contributed by atoms with van der Waals surface area (Å²) in [6.07, 6.45) is 11.9. The van der Waals surface area contributed by atoms with Gasteiger partial charge < -0.3 is 10.5 Å². The van der Waals surface area contributed by atoms with Crippen LogP contribution in [0.3, 0.4) is 0 Å². The maximum atomic E-state index is 12.6. The normalized spacial score (nSPS) is 22.6. The van der Waals surface area contributed by atoms with Crippen molar-refractivity contribution in [3.63, 3.8) is 0 Å². The minimum atomic E-state index is -1.25. The Bertz CT molecular complexity index is 703. The number of amides is 1. The number of methoxy groups -OCH3 is 1. The van der Waals surface area contributed by atoms with E-state index in [0.717, 1.165) is 24.8 Å². The number of unbranched alkanes of at least 4 members (excludes halogenated alkanes) is 2. The lowest BCUT2D eigenvalue weighted by molar-refractivity contribution is -0.139. The number of allylic oxidation sites excluding steroid dienone is 4. The number of carbonyl (C=O) groups is 2. The number of carbonyl (C=O) groups excluding carboxylic acids is 2. The highest BCUT2D eigenvalue weighted by molar-refractivity contribution is 6.02. The minimum absolute atomic E-state index is 0.270. The van der Waals surface area contributed by atoms with Gasteiger partial charge >= 0.3 is 5.97 Å². The first-order valence-electron chi connectivity index (χ1n) is 8.57. The molecule has 0 aromatic heterocycles. The average molecular weight is 339 g/mol. The zero-order valence-electron chi connectivity index (χ0n) is 14.8. The smallest absolute Gasteiger partial charge is 0.335 e. The van der Waals surface area contributed by atoms with Crippen LogP contribution in [0.5, 0.6) is 0 Å². The summed E-state index contributed by atoms with van der Waals surface area (Å²) in [6.45, 7) is 2.10. The maximum Gasteiger partial charge on any atom is 0.335 e. The van der Waals surface area contributed by atoms with Crippen LogP contribution in [0.15, 0.2) is 66.3 Å². The molecule has 0 heterocycles. The van der Waals surface area contributed by atoms with Gasteiger partial charge in [0, 0.05) is 5.92 Å². The lowest BCUT2D eigenvalue weighted by atomic mass is 9.64. The van der Waals surface area contributed by atoms with E-state index in [1.165, 1.54) is 7.11 Å². The van der Waals surface area contributed by atoms with E-state index in [1.54, 1.807) is 18.2 Å². The van der Waals surface area contributed by atoms with E-state index in [9.17, 15) is 9.59 Å². The van der Waals surface area contributed by atoms with Crippen LogP contribution in [0.2, 0.25) is 0 Å². The van der Waals surface area contributed by atoms with Crippen molar-refractivity contribution in [2.45, 2.75) is 32.1 Å². The minimum Gasteiger partial charge on any atom is -0.466 e. The van der Waals surface area contributed by atoms with Crippen LogP contribution in [0.25, 0.3) is 0 Å². The van der Waals surface area contributed by atoms with Crippen molar-refractivity contribution in [1.29, 1.82) is 0 Å². The zero-order valence-corrected chi connectivity index (χ0v) is 14.8. The molecule has 2 atom stereocenters. The molecule has 2 N–H and O–H groups in total. The van der Waals surface area contributed by atoms with Crippen molar-refractivity contribution >= 4 is 11.9 Å². The number of nitrogens with two attached hydrogens (primary N) is 1. The Morgan fingerprint density at radius 2 is 2.00 bits per heavy atom. The highest BCUT2D eigenvalue weighted by atomic mass is 16.5. The largest absolute Gasteiger partial charge is 0.466 e. The third-order valence-corrected chi connectivity index (χ3v) is 4.58. The summed E-state index contributed by atoms with van der Waals surface area (Å²) >= 11 is 0. The first-order valence-corrected chi connectivity index (χ1v) is 8.57. The molecule has 1 aromatic carbocycles. The van der Waals surface area contributed by atoms with Gasteiger partial charge in [-0.2, -0.15) is 0 Å². The second-order valence-electron chi connectivity index (χ2n) is 6.12. The van der Waals surface area contributed by atoms with Crippen LogP contribution in [-0.2, 0) is 14.3 Å². The first-order chi connectivity index (χ1) is 12.1. The Morgan fingerprint density at radius 3 is 2.60 bits per heavy atom. The highest BCUT2D eigenvalue weighted by Gasteiger charge is 2.49. The molecule has 0 spiro atoms. The van der Waals surface area contributed by atoms with Crippen molar-refractivity contribution < 1.29 is 14.3 Å². The van der Waals surface area contributed by atoms with Crippen LogP contribution in [0.4, 0.5) is 0 Å². The molecule has 0 bridgehead atoms. The van der Waals surface area contributed by atoms with Crippen molar-refractivity contribution in [3.8, 4) is 0 Å². The van der Waals surface area contributed by atoms with E-state index >= 15 is 0 Å². The molecule has 1 aromatic rings. The van der Waals surface area contributed by atoms with Gasteiger partial charge in [-0.3, -0.25) is 4.79 Å². The summed E-state index contributed by atoms with van der Waals surface area (Å²) in [4.78, 5) is 25.0. The van der Waals surface area contributed by atoms with E-state index in [-0.39, 0.29) is 11.5 Å². The first kappa shape index (κ1) is 18.7. The lowest BCUT2D eigenvalue weighted by Gasteiger charge is -2.37. The van der Waals surface area contributed by atoms with Gasteiger partial charge in [-0.05, 0) is 12.0 Å². The summed E-state index contributed by atoms with van der Waals surface area (Å²) in [6, 6.07) is 9.60. The van der Waals surface area contributed by atoms with Gasteiger partial charge in [0.2, 0.25) is 5.91 Å². The van der Waals surface area contributed by atoms with Crippen LogP contribution in [-0.4, -0.2) is 19.0 Å². The Morgan fingerprint density at radius 1 is 1.28 bits per heavy atom. The fourth-order valence-corrected chi connectivity index (χ4v) is 3.25. The number of primary amides is 1. The summed E-state index contributed by atoms with van der Waals surface area (Å²) < 4.78 is 4.92. The van der Waals surface area contributed by atoms with Gasteiger partial charge in [0.1, 0.15) is 5.41 Å². The van der Waals surface area contributed by atoms with E-state index in [0.29, 0.717) is 0 Å². The van der Waals surface area contributed by atoms with Crippen LogP contribution in [0.1, 0.15) is 37.7 Å². The molecule has 1 aliphatic rings. The molecule has 2 unspecified atom stereocenters. The monoisotopic (exact) mass is 339 g/mol. The summed E-state index contributed by atoms with van der Waals surface area (Å²) in [5.41, 5.74) is 5.80. The molecule has 1 aliphatic carbocycles.